The molecule has 78 valence electrons. The SMILES string of the molecule is CNCCN1C=C(C(=O)OC)CC1=O. The Morgan fingerprint density at radius 1 is 1.71 bits per heavy atom. The number of methoxy groups -OCH3 is 1. The maximum Gasteiger partial charge on any atom is 0.335 e. The van der Waals surface area contributed by atoms with Gasteiger partial charge in [0.25, 0.3) is 0 Å². The van der Waals surface area contributed by atoms with Crippen molar-refractivity contribution < 1.29 is 14.3 Å². The fourth-order valence-electron chi connectivity index (χ4n) is 1.25. The predicted molar refractivity (Wildman–Crippen MR) is 50.4 cm³/mol. The van der Waals surface area contributed by atoms with Crippen LogP contribution >= 0.6 is 0 Å². The van der Waals surface area contributed by atoms with E-state index in [1.54, 1.807) is 6.20 Å². The molecular weight excluding hydrogens is 184 g/mol. The predicted octanol–water partition coefficient (Wildman–Crippen LogP) is -0.505. The number of nitrogens with one attached hydrogen (secondary N) is 1. The van der Waals surface area contributed by atoms with Gasteiger partial charge in [-0.05, 0) is 7.05 Å². The fourth-order valence-corrected chi connectivity index (χ4v) is 1.25. The second-order valence-corrected chi connectivity index (χ2v) is 3.01. The molecule has 0 atom stereocenters. The Morgan fingerprint density at radius 2 is 2.43 bits per heavy atom. The first kappa shape index (κ1) is 10.7. The summed E-state index contributed by atoms with van der Waals surface area (Å²) in [6.45, 7) is 1.28. The van der Waals surface area contributed by atoms with Crippen LogP contribution in [0.5, 0.6) is 0 Å². The lowest BCUT2D eigenvalue weighted by molar-refractivity contribution is -0.137. The summed E-state index contributed by atoms with van der Waals surface area (Å²) in [4.78, 5) is 24.0. The number of likely N-dealkylation sites (N-methyl/N-ethyl adjacent to an activating group) is 1. The third-order valence-corrected chi connectivity index (χ3v) is 2.02. The van der Waals surface area contributed by atoms with Crippen LogP contribution in [0.25, 0.3) is 0 Å². The van der Waals surface area contributed by atoms with Crippen LogP contribution in [0.3, 0.4) is 0 Å². The van der Waals surface area contributed by atoms with Crippen molar-refractivity contribution in [2.75, 3.05) is 27.2 Å². The summed E-state index contributed by atoms with van der Waals surface area (Å²) >= 11 is 0. The van der Waals surface area contributed by atoms with E-state index in [0.29, 0.717) is 18.7 Å². The molecule has 1 N–H and O–H groups in total. The summed E-state index contributed by atoms with van der Waals surface area (Å²) in [5.74, 6) is -0.481. The molecule has 0 aromatic carbocycles. The number of rotatable bonds is 4. The average molecular weight is 198 g/mol. The maximum absolute atomic E-state index is 11.3. The van der Waals surface area contributed by atoms with E-state index in [0.717, 1.165) is 0 Å². The molecule has 0 saturated carbocycles. The van der Waals surface area contributed by atoms with Gasteiger partial charge in [-0.2, -0.15) is 0 Å². The van der Waals surface area contributed by atoms with Gasteiger partial charge in [0.1, 0.15) is 0 Å². The van der Waals surface area contributed by atoms with Crippen molar-refractivity contribution in [3.05, 3.63) is 11.8 Å². The number of carbonyl (C=O) groups is 2. The molecule has 5 nitrogen and oxygen atoms in total. The molecule has 14 heavy (non-hydrogen) atoms. The first-order valence-corrected chi connectivity index (χ1v) is 4.42. The van der Waals surface area contributed by atoms with Crippen LogP contribution < -0.4 is 5.32 Å². The van der Waals surface area contributed by atoms with E-state index < -0.39 is 5.97 Å². The lowest BCUT2D eigenvalue weighted by Gasteiger charge is -2.11. The van der Waals surface area contributed by atoms with Crippen LogP contribution in [0.4, 0.5) is 0 Å². The van der Waals surface area contributed by atoms with Gasteiger partial charge in [0, 0.05) is 19.3 Å². The second-order valence-electron chi connectivity index (χ2n) is 3.01. The van der Waals surface area contributed by atoms with Crippen molar-refractivity contribution in [1.82, 2.24) is 10.2 Å². The molecule has 0 aliphatic carbocycles. The topological polar surface area (TPSA) is 58.6 Å². The van der Waals surface area contributed by atoms with E-state index in [4.69, 9.17) is 0 Å². The summed E-state index contributed by atoms with van der Waals surface area (Å²) in [7, 11) is 3.12. The van der Waals surface area contributed by atoms with Gasteiger partial charge < -0.3 is 15.0 Å². The van der Waals surface area contributed by atoms with Gasteiger partial charge in [-0.3, -0.25) is 4.79 Å². The second kappa shape index (κ2) is 4.76. The van der Waals surface area contributed by atoms with Crippen molar-refractivity contribution >= 4 is 11.9 Å². The molecule has 1 heterocycles. The molecule has 0 aromatic heterocycles. The Kier molecular flexibility index (Phi) is 3.64. The fraction of sp³-hybridized carbons (Fsp3) is 0.556. The van der Waals surface area contributed by atoms with E-state index in [2.05, 4.69) is 10.1 Å². The molecule has 1 rings (SSSR count). The first-order valence-electron chi connectivity index (χ1n) is 4.42. The third kappa shape index (κ3) is 2.32. The highest BCUT2D eigenvalue weighted by Crippen LogP contribution is 2.16. The van der Waals surface area contributed by atoms with E-state index >= 15 is 0 Å². The lowest BCUT2D eigenvalue weighted by atomic mass is 10.2. The largest absolute Gasteiger partial charge is 0.466 e. The minimum absolute atomic E-state index is 0.0550. The number of hydrogen-bond donors (Lipinski definition) is 1. The minimum atomic E-state index is -0.426. The highest BCUT2D eigenvalue weighted by Gasteiger charge is 2.25. The van der Waals surface area contributed by atoms with Gasteiger partial charge in [0.15, 0.2) is 0 Å². The van der Waals surface area contributed by atoms with Gasteiger partial charge in [0.05, 0.1) is 19.1 Å². The van der Waals surface area contributed by atoms with Crippen molar-refractivity contribution in [1.29, 1.82) is 0 Å². The molecule has 0 spiro atoms. The minimum Gasteiger partial charge on any atom is -0.466 e. The first-order chi connectivity index (χ1) is 6.69. The quantitative estimate of drug-likeness (QED) is 0.618. The van der Waals surface area contributed by atoms with E-state index in [9.17, 15) is 9.59 Å². The van der Waals surface area contributed by atoms with Crippen LogP contribution in [0.1, 0.15) is 6.42 Å². The molecule has 0 bridgehead atoms. The Bertz CT molecular complexity index is 273. The monoisotopic (exact) mass is 198 g/mol. The maximum atomic E-state index is 11.3. The van der Waals surface area contributed by atoms with E-state index in [-0.39, 0.29) is 12.3 Å². The van der Waals surface area contributed by atoms with Gasteiger partial charge in [0.2, 0.25) is 5.91 Å². The van der Waals surface area contributed by atoms with Gasteiger partial charge >= 0.3 is 5.97 Å². The summed E-state index contributed by atoms with van der Waals surface area (Å²) < 4.78 is 4.53. The average Bonchev–Trinajstić information content (AvgIpc) is 2.56. The van der Waals surface area contributed by atoms with Crippen LogP contribution in [-0.2, 0) is 14.3 Å². The molecule has 0 fully saturated rings. The molecule has 0 saturated heterocycles. The van der Waals surface area contributed by atoms with E-state index in [1.165, 1.54) is 12.0 Å². The number of esters is 1. The molecule has 5 heteroatoms. The zero-order chi connectivity index (χ0) is 10.6. The van der Waals surface area contributed by atoms with Crippen LogP contribution in [-0.4, -0.2) is 44.0 Å². The van der Waals surface area contributed by atoms with Gasteiger partial charge in [-0.25, -0.2) is 4.79 Å². The van der Waals surface area contributed by atoms with Crippen LogP contribution in [0.15, 0.2) is 11.8 Å². The van der Waals surface area contributed by atoms with E-state index in [1.807, 2.05) is 7.05 Å². The molecule has 1 aliphatic rings. The molecule has 1 aliphatic heterocycles. The van der Waals surface area contributed by atoms with Crippen molar-refractivity contribution in [3.8, 4) is 0 Å². The number of nitrogens with zero attached hydrogens (tertiary/aromatic N) is 1. The van der Waals surface area contributed by atoms with Crippen molar-refractivity contribution in [3.63, 3.8) is 0 Å². The summed E-state index contributed by atoms with van der Waals surface area (Å²) in [5.41, 5.74) is 0.425. The number of amides is 1. The molecule has 1 amide bonds. The van der Waals surface area contributed by atoms with Gasteiger partial charge in [-0.1, -0.05) is 0 Å². The van der Waals surface area contributed by atoms with Gasteiger partial charge in [-0.15, -0.1) is 0 Å². The number of ether oxygens (including phenoxy) is 1. The summed E-state index contributed by atoms with van der Waals surface area (Å²) in [6.07, 6.45) is 1.71. The third-order valence-electron chi connectivity index (χ3n) is 2.02. The van der Waals surface area contributed by atoms with Crippen molar-refractivity contribution in [2.24, 2.45) is 0 Å². The Hall–Kier alpha value is -1.36. The Morgan fingerprint density at radius 3 is 3.00 bits per heavy atom. The summed E-state index contributed by atoms with van der Waals surface area (Å²) in [5, 5.41) is 2.93. The Labute approximate surface area is 82.7 Å². The van der Waals surface area contributed by atoms with Crippen molar-refractivity contribution in [2.45, 2.75) is 6.42 Å². The van der Waals surface area contributed by atoms with Crippen LogP contribution in [0.2, 0.25) is 0 Å². The molecule has 0 radical (unpaired) electrons. The van der Waals surface area contributed by atoms with Crippen LogP contribution in [0, 0.1) is 0 Å². The highest BCUT2D eigenvalue weighted by molar-refractivity contribution is 5.98. The highest BCUT2D eigenvalue weighted by atomic mass is 16.5. The standard InChI is InChI=1S/C9H14N2O3/c1-10-3-4-11-6-7(5-8(11)12)9(13)14-2/h6,10H,3-5H2,1-2H3. The molecular formula is C9H14N2O3. The summed E-state index contributed by atoms with van der Waals surface area (Å²) in [6, 6.07) is 0. The molecule has 0 aromatic rings. The number of hydrogen-bond acceptors (Lipinski definition) is 4. The zero-order valence-electron chi connectivity index (χ0n) is 8.37. The lowest BCUT2D eigenvalue weighted by Crippen LogP contribution is -2.28. The zero-order valence-corrected chi connectivity index (χ0v) is 8.37. The smallest absolute Gasteiger partial charge is 0.335 e. The number of carbonyl (C=O) groups excluding carboxylic acids is 2. The molecule has 0 unspecified atom stereocenters. The normalized spacial score (nSPS) is 15.7. The Balaban J connectivity index is 2.57.